The average Bonchev–Trinajstić information content (AvgIpc) is 2.64. The molecule has 24 heavy (non-hydrogen) atoms. The maximum absolute atomic E-state index is 11.7. The summed E-state index contributed by atoms with van der Waals surface area (Å²) in [5.41, 5.74) is 1.01. The highest BCUT2D eigenvalue weighted by atomic mass is 16.5. The Hall–Kier alpha value is -3.08. The first-order valence-electron chi connectivity index (χ1n) is 7.84. The number of ether oxygens (including phenoxy) is 1. The zero-order valence-corrected chi connectivity index (χ0v) is 13.2. The quantitative estimate of drug-likeness (QED) is 0.686. The van der Waals surface area contributed by atoms with Crippen LogP contribution in [0.15, 0.2) is 67.0 Å². The van der Waals surface area contributed by atoms with Crippen LogP contribution in [0.1, 0.15) is 5.56 Å². The molecular weight excluding hydrogens is 302 g/mol. The van der Waals surface area contributed by atoms with Gasteiger partial charge in [0.1, 0.15) is 12.4 Å². The summed E-state index contributed by atoms with van der Waals surface area (Å²) in [6.45, 7) is 1.32. The fourth-order valence-corrected chi connectivity index (χ4v) is 2.39. The van der Waals surface area contributed by atoms with Gasteiger partial charge in [-0.25, -0.2) is 4.79 Å². The van der Waals surface area contributed by atoms with Gasteiger partial charge in [-0.1, -0.05) is 36.4 Å². The van der Waals surface area contributed by atoms with Gasteiger partial charge in [0.15, 0.2) is 0 Å². The molecule has 1 aromatic heterocycles. The molecule has 2 N–H and O–H groups in total. The van der Waals surface area contributed by atoms with Gasteiger partial charge in [0.2, 0.25) is 0 Å². The largest absolute Gasteiger partial charge is 0.491 e. The zero-order chi connectivity index (χ0) is 16.6. The summed E-state index contributed by atoms with van der Waals surface area (Å²) < 4.78 is 5.78. The zero-order valence-electron chi connectivity index (χ0n) is 13.2. The van der Waals surface area contributed by atoms with Crippen molar-refractivity contribution in [1.82, 2.24) is 15.6 Å². The molecule has 3 rings (SSSR count). The van der Waals surface area contributed by atoms with E-state index in [1.54, 1.807) is 12.4 Å². The third-order valence-electron chi connectivity index (χ3n) is 3.60. The maximum Gasteiger partial charge on any atom is 0.315 e. The number of pyridine rings is 1. The van der Waals surface area contributed by atoms with Gasteiger partial charge < -0.3 is 15.4 Å². The Morgan fingerprint density at radius 1 is 0.958 bits per heavy atom. The normalized spacial score (nSPS) is 10.3. The van der Waals surface area contributed by atoms with E-state index in [2.05, 4.69) is 15.6 Å². The summed E-state index contributed by atoms with van der Waals surface area (Å²) in [7, 11) is 0. The molecule has 5 nitrogen and oxygen atoms in total. The SMILES string of the molecule is O=C(NCCOc1cccc2ccccc12)NCc1ccncc1. The van der Waals surface area contributed by atoms with Gasteiger partial charge in [0.25, 0.3) is 0 Å². The Morgan fingerprint density at radius 2 is 1.75 bits per heavy atom. The standard InChI is InChI=1S/C19H19N3O2/c23-19(22-14-15-8-10-20-11-9-15)21-12-13-24-18-7-3-5-16-4-1-2-6-17(16)18/h1-11H,12-14H2,(H2,21,22,23). The molecule has 0 bridgehead atoms. The fourth-order valence-electron chi connectivity index (χ4n) is 2.39. The molecule has 0 aliphatic heterocycles. The molecule has 2 aromatic carbocycles. The van der Waals surface area contributed by atoms with Crippen LogP contribution in [-0.4, -0.2) is 24.2 Å². The molecule has 0 spiro atoms. The van der Waals surface area contributed by atoms with E-state index in [1.807, 2.05) is 54.6 Å². The number of aromatic nitrogens is 1. The molecule has 0 saturated carbocycles. The van der Waals surface area contributed by atoms with Crippen molar-refractivity contribution in [2.45, 2.75) is 6.54 Å². The van der Waals surface area contributed by atoms with E-state index in [0.29, 0.717) is 19.7 Å². The summed E-state index contributed by atoms with van der Waals surface area (Å²) >= 11 is 0. The lowest BCUT2D eigenvalue weighted by molar-refractivity contribution is 0.236. The molecule has 0 radical (unpaired) electrons. The molecular formula is C19H19N3O2. The minimum atomic E-state index is -0.215. The fraction of sp³-hybridized carbons (Fsp3) is 0.158. The van der Waals surface area contributed by atoms with Gasteiger partial charge in [-0.2, -0.15) is 0 Å². The second-order valence-electron chi connectivity index (χ2n) is 5.29. The van der Waals surface area contributed by atoms with Crippen LogP contribution in [-0.2, 0) is 6.54 Å². The van der Waals surface area contributed by atoms with E-state index in [9.17, 15) is 4.79 Å². The van der Waals surface area contributed by atoms with E-state index < -0.39 is 0 Å². The van der Waals surface area contributed by atoms with E-state index in [1.165, 1.54) is 0 Å². The van der Waals surface area contributed by atoms with Crippen LogP contribution in [0.3, 0.4) is 0 Å². The lowest BCUT2D eigenvalue weighted by atomic mass is 10.1. The molecule has 0 aliphatic carbocycles. The van der Waals surface area contributed by atoms with Crippen molar-refractivity contribution >= 4 is 16.8 Å². The van der Waals surface area contributed by atoms with Crippen LogP contribution in [0.25, 0.3) is 10.8 Å². The van der Waals surface area contributed by atoms with E-state index in [4.69, 9.17) is 4.74 Å². The van der Waals surface area contributed by atoms with Gasteiger partial charge in [0.05, 0.1) is 6.54 Å². The number of hydrogen-bond donors (Lipinski definition) is 2. The highest BCUT2D eigenvalue weighted by molar-refractivity contribution is 5.88. The monoisotopic (exact) mass is 321 g/mol. The van der Waals surface area contributed by atoms with Crippen molar-refractivity contribution in [2.24, 2.45) is 0 Å². The van der Waals surface area contributed by atoms with Crippen molar-refractivity contribution in [3.63, 3.8) is 0 Å². The van der Waals surface area contributed by atoms with Crippen LogP contribution in [0.2, 0.25) is 0 Å². The molecule has 2 amide bonds. The minimum absolute atomic E-state index is 0.215. The van der Waals surface area contributed by atoms with Crippen LogP contribution in [0, 0.1) is 0 Å². The molecule has 1 heterocycles. The number of rotatable bonds is 6. The first-order valence-corrected chi connectivity index (χ1v) is 7.84. The van der Waals surface area contributed by atoms with E-state index in [0.717, 1.165) is 22.1 Å². The molecule has 0 unspecified atom stereocenters. The number of nitrogens with one attached hydrogen (secondary N) is 2. The van der Waals surface area contributed by atoms with Crippen molar-refractivity contribution < 1.29 is 9.53 Å². The van der Waals surface area contributed by atoms with Crippen molar-refractivity contribution in [1.29, 1.82) is 0 Å². The first kappa shape index (κ1) is 15.8. The number of carbonyl (C=O) groups excluding carboxylic acids is 1. The molecule has 0 fully saturated rings. The predicted octanol–water partition coefficient (Wildman–Crippen LogP) is 3.11. The Bertz CT molecular complexity index is 801. The van der Waals surface area contributed by atoms with Crippen molar-refractivity contribution in [3.05, 3.63) is 72.6 Å². The second-order valence-corrected chi connectivity index (χ2v) is 5.29. The molecule has 122 valence electrons. The number of amides is 2. The van der Waals surface area contributed by atoms with Gasteiger partial charge in [-0.05, 0) is 29.1 Å². The number of carbonyl (C=O) groups is 1. The number of benzene rings is 2. The number of urea groups is 1. The van der Waals surface area contributed by atoms with Gasteiger partial charge in [-0.15, -0.1) is 0 Å². The Labute approximate surface area is 140 Å². The first-order chi connectivity index (χ1) is 11.8. The van der Waals surface area contributed by atoms with Gasteiger partial charge >= 0.3 is 6.03 Å². The highest BCUT2D eigenvalue weighted by Gasteiger charge is 2.02. The lowest BCUT2D eigenvalue weighted by Crippen LogP contribution is -2.37. The number of nitrogens with zero attached hydrogens (tertiary/aromatic N) is 1. The van der Waals surface area contributed by atoms with Crippen LogP contribution in [0.4, 0.5) is 4.79 Å². The number of fused-ring (bicyclic) bond motifs is 1. The number of hydrogen-bond acceptors (Lipinski definition) is 3. The summed E-state index contributed by atoms with van der Waals surface area (Å²) in [6, 6.07) is 17.5. The van der Waals surface area contributed by atoms with Crippen molar-refractivity contribution in [2.75, 3.05) is 13.2 Å². The van der Waals surface area contributed by atoms with Crippen molar-refractivity contribution in [3.8, 4) is 5.75 Å². The van der Waals surface area contributed by atoms with E-state index >= 15 is 0 Å². The Kier molecular flexibility index (Phi) is 5.24. The van der Waals surface area contributed by atoms with Crippen LogP contribution < -0.4 is 15.4 Å². The Balaban J connectivity index is 1.42. The summed E-state index contributed by atoms with van der Waals surface area (Å²) in [6.07, 6.45) is 3.40. The topological polar surface area (TPSA) is 63.2 Å². The maximum atomic E-state index is 11.7. The lowest BCUT2D eigenvalue weighted by Gasteiger charge is -2.11. The molecule has 3 aromatic rings. The van der Waals surface area contributed by atoms with E-state index in [-0.39, 0.29) is 6.03 Å². The average molecular weight is 321 g/mol. The van der Waals surface area contributed by atoms with Crippen LogP contribution in [0.5, 0.6) is 5.75 Å². The molecule has 0 atom stereocenters. The Morgan fingerprint density at radius 3 is 2.62 bits per heavy atom. The summed E-state index contributed by atoms with van der Waals surface area (Å²) in [5.74, 6) is 0.826. The molecule has 5 heteroatoms. The highest BCUT2D eigenvalue weighted by Crippen LogP contribution is 2.24. The summed E-state index contributed by atoms with van der Waals surface area (Å²) in [4.78, 5) is 15.7. The predicted molar refractivity (Wildman–Crippen MR) is 93.9 cm³/mol. The molecule has 0 aliphatic rings. The minimum Gasteiger partial charge on any atom is -0.491 e. The van der Waals surface area contributed by atoms with Gasteiger partial charge in [0, 0.05) is 24.3 Å². The van der Waals surface area contributed by atoms with Crippen LogP contribution >= 0.6 is 0 Å². The molecule has 0 saturated heterocycles. The van der Waals surface area contributed by atoms with Gasteiger partial charge in [-0.3, -0.25) is 4.98 Å². The third kappa shape index (κ3) is 4.23. The summed E-state index contributed by atoms with van der Waals surface area (Å²) in [5, 5.41) is 7.78. The second kappa shape index (κ2) is 7.97. The third-order valence-corrected chi connectivity index (χ3v) is 3.60. The smallest absolute Gasteiger partial charge is 0.315 e.